The molecule has 2 aromatic rings. The topological polar surface area (TPSA) is 46.5 Å². The molecule has 0 radical (unpaired) electrons. The monoisotopic (exact) mass is 282 g/mol. The second-order valence-electron chi connectivity index (χ2n) is 4.71. The van der Waals surface area contributed by atoms with Crippen molar-refractivity contribution in [1.29, 1.82) is 0 Å². The van der Waals surface area contributed by atoms with Gasteiger partial charge in [0, 0.05) is 5.57 Å². The van der Waals surface area contributed by atoms with E-state index in [4.69, 9.17) is 9.84 Å². The normalized spacial score (nSPS) is 11.2. The van der Waals surface area contributed by atoms with Crippen molar-refractivity contribution in [2.24, 2.45) is 0 Å². The Bertz CT molecular complexity index is 637. The minimum absolute atomic E-state index is 0.323. The summed E-state index contributed by atoms with van der Waals surface area (Å²) in [6.45, 7) is 4.20. The van der Waals surface area contributed by atoms with Gasteiger partial charge in [-0.15, -0.1) is 0 Å². The number of carboxylic acid groups (broad SMARTS) is 1. The first kappa shape index (κ1) is 14.9. The maximum Gasteiger partial charge on any atom is 0.331 e. The molecule has 0 aliphatic carbocycles. The van der Waals surface area contributed by atoms with E-state index in [1.54, 1.807) is 13.0 Å². The molecule has 0 spiro atoms. The molecule has 0 aromatic heterocycles. The van der Waals surface area contributed by atoms with Crippen molar-refractivity contribution in [2.45, 2.75) is 13.8 Å². The van der Waals surface area contributed by atoms with Crippen LogP contribution in [0.25, 0.3) is 17.2 Å². The molecule has 21 heavy (non-hydrogen) atoms. The Morgan fingerprint density at radius 2 is 1.57 bits per heavy atom. The van der Waals surface area contributed by atoms with Crippen LogP contribution in [-0.4, -0.2) is 17.7 Å². The van der Waals surface area contributed by atoms with Crippen molar-refractivity contribution in [3.8, 4) is 16.9 Å². The van der Waals surface area contributed by atoms with Crippen LogP contribution in [0.3, 0.4) is 0 Å². The number of hydrogen-bond donors (Lipinski definition) is 1. The highest BCUT2D eigenvalue weighted by atomic mass is 16.5. The highest BCUT2D eigenvalue weighted by Crippen LogP contribution is 2.23. The molecular weight excluding hydrogens is 264 g/mol. The molecule has 2 rings (SSSR count). The fraction of sp³-hybridized carbons (Fsp3) is 0.167. The summed E-state index contributed by atoms with van der Waals surface area (Å²) >= 11 is 0. The highest BCUT2D eigenvalue weighted by Gasteiger charge is 2.01. The van der Waals surface area contributed by atoms with Crippen molar-refractivity contribution in [3.05, 3.63) is 59.7 Å². The van der Waals surface area contributed by atoms with Gasteiger partial charge in [-0.05, 0) is 48.7 Å². The molecule has 1 N–H and O–H groups in total. The van der Waals surface area contributed by atoms with Gasteiger partial charge in [-0.2, -0.15) is 0 Å². The number of aliphatic carboxylic acids is 1. The maximum absolute atomic E-state index is 10.8. The second-order valence-corrected chi connectivity index (χ2v) is 4.71. The molecule has 0 atom stereocenters. The molecule has 3 nitrogen and oxygen atoms in total. The van der Waals surface area contributed by atoms with Gasteiger partial charge < -0.3 is 9.84 Å². The number of carboxylic acids is 1. The predicted octanol–water partition coefficient (Wildman–Crippen LogP) is 4.24. The van der Waals surface area contributed by atoms with Crippen LogP contribution in [0, 0.1) is 0 Å². The summed E-state index contributed by atoms with van der Waals surface area (Å²) in [5.41, 5.74) is 3.39. The summed E-state index contributed by atoms with van der Waals surface area (Å²) in [6.07, 6.45) is 1.66. The Morgan fingerprint density at radius 1 is 1.05 bits per heavy atom. The molecule has 3 heteroatoms. The van der Waals surface area contributed by atoms with E-state index in [0.717, 1.165) is 22.4 Å². The number of hydrogen-bond acceptors (Lipinski definition) is 2. The molecule has 0 saturated carbocycles. The number of benzene rings is 2. The number of carbonyl (C=O) groups is 1. The Hall–Kier alpha value is -2.55. The van der Waals surface area contributed by atoms with Crippen LogP contribution >= 0.6 is 0 Å². The molecule has 0 aliphatic rings. The second kappa shape index (κ2) is 6.75. The van der Waals surface area contributed by atoms with Crippen LogP contribution in [0.4, 0.5) is 0 Å². The van der Waals surface area contributed by atoms with Gasteiger partial charge in [0.2, 0.25) is 0 Å². The summed E-state index contributed by atoms with van der Waals surface area (Å²) in [5, 5.41) is 8.87. The summed E-state index contributed by atoms with van der Waals surface area (Å²) in [4.78, 5) is 10.8. The van der Waals surface area contributed by atoms with E-state index in [9.17, 15) is 4.79 Å². The largest absolute Gasteiger partial charge is 0.494 e. The van der Waals surface area contributed by atoms with E-state index in [0.29, 0.717) is 12.2 Å². The van der Waals surface area contributed by atoms with E-state index >= 15 is 0 Å². The SMILES string of the molecule is CCOc1ccc(-c2ccc(/C=C(\C)C(=O)O)cc2)cc1. The lowest BCUT2D eigenvalue weighted by atomic mass is 10.0. The Morgan fingerprint density at radius 3 is 2.05 bits per heavy atom. The third-order valence-electron chi connectivity index (χ3n) is 3.13. The Labute approximate surface area is 124 Å². The van der Waals surface area contributed by atoms with Crippen LogP contribution in [0.2, 0.25) is 0 Å². The van der Waals surface area contributed by atoms with Crippen molar-refractivity contribution in [1.82, 2.24) is 0 Å². The zero-order valence-electron chi connectivity index (χ0n) is 12.2. The minimum atomic E-state index is -0.898. The zero-order chi connectivity index (χ0) is 15.2. The maximum atomic E-state index is 10.8. The average molecular weight is 282 g/mol. The van der Waals surface area contributed by atoms with E-state index in [1.165, 1.54) is 0 Å². The summed E-state index contributed by atoms with van der Waals surface area (Å²) in [7, 11) is 0. The lowest BCUT2D eigenvalue weighted by Gasteiger charge is -2.06. The fourth-order valence-corrected chi connectivity index (χ4v) is 1.99. The quantitative estimate of drug-likeness (QED) is 0.834. The van der Waals surface area contributed by atoms with Crippen molar-refractivity contribution in [2.75, 3.05) is 6.61 Å². The summed E-state index contributed by atoms with van der Waals surface area (Å²) in [5.74, 6) is -0.0384. The molecule has 0 unspecified atom stereocenters. The molecule has 0 aliphatic heterocycles. The van der Waals surface area contributed by atoms with Gasteiger partial charge in [0.15, 0.2) is 0 Å². The lowest BCUT2D eigenvalue weighted by molar-refractivity contribution is -0.132. The van der Waals surface area contributed by atoms with E-state index < -0.39 is 5.97 Å². The predicted molar refractivity (Wildman–Crippen MR) is 84.3 cm³/mol. The standard InChI is InChI=1S/C18H18O3/c1-3-21-17-10-8-16(9-11-17)15-6-4-14(5-7-15)12-13(2)18(19)20/h4-12H,3H2,1-2H3,(H,19,20)/b13-12+. The van der Waals surface area contributed by atoms with Gasteiger partial charge in [-0.25, -0.2) is 4.79 Å². The first-order chi connectivity index (χ1) is 10.1. The van der Waals surface area contributed by atoms with E-state index in [-0.39, 0.29) is 0 Å². The van der Waals surface area contributed by atoms with Gasteiger partial charge >= 0.3 is 5.97 Å². The molecule has 0 amide bonds. The Kier molecular flexibility index (Phi) is 4.77. The van der Waals surface area contributed by atoms with Gasteiger partial charge in [0.25, 0.3) is 0 Å². The Balaban J connectivity index is 2.18. The van der Waals surface area contributed by atoms with Crippen LogP contribution in [0.1, 0.15) is 19.4 Å². The van der Waals surface area contributed by atoms with Crippen LogP contribution in [0.5, 0.6) is 5.75 Å². The molecule has 0 heterocycles. The lowest BCUT2D eigenvalue weighted by Crippen LogP contribution is -1.95. The summed E-state index contributed by atoms with van der Waals surface area (Å²) < 4.78 is 5.42. The number of rotatable bonds is 5. The van der Waals surface area contributed by atoms with Crippen LogP contribution in [0.15, 0.2) is 54.1 Å². The van der Waals surface area contributed by atoms with E-state index in [2.05, 4.69) is 0 Å². The average Bonchev–Trinajstić information content (AvgIpc) is 2.49. The molecule has 108 valence electrons. The molecule has 0 saturated heterocycles. The fourth-order valence-electron chi connectivity index (χ4n) is 1.99. The first-order valence-corrected chi connectivity index (χ1v) is 6.85. The molecule has 2 aromatic carbocycles. The number of ether oxygens (including phenoxy) is 1. The highest BCUT2D eigenvalue weighted by molar-refractivity contribution is 5.91. The van der Waals surface area contributed by atoms with Crippen LogP contribution < -0.4 is 4.74 Å². The third kappa shape index (κ3) is 3.96. The van der Waals surface area contributed by atoms with Gasteiger partial charge in [0.05, 0.1) is 6.61 Å². The third-order valence-corrected chi connectivity index (χ3v) is 3.13. The smallest absolute Gasteiger partial charge is 0.331 e. The molecule has 0 bridgehead atoms. The van der Waals surface area contributed by atoms with Crippen molar-refractivity contribution >= 4 is 12.0 Å². The van der Waals surface area contributed by atoms with Crippen LogP contribution in [-0.2, 0) is 4.79 Å². The first-order valence-electron chi connectivity index (χ1n) is 6.85. The van der Waals surface area contributed by atoms with Crippen molar-refractivity contribution in [3.63, 3.8) is 0 Å². The summed E-state index contributed by atoms with van der Waals surface area (Å²) in [6, 6.07) is 15.7. The van der Waals surface area contributed by atoms with E-state index in [1.807, 2.05) is 55.5 Å². The molecular formula is C18H18O3. The molecule has 0 fully saturated rings. The van der Waals surface area contributed by atoms with Gasteiger partial charge in [-0.1, -0.05) is 36.4 Å². The van der Waals surface area contributed by atoms with Crippen molar-refractivity contribution < 1.29 is 14.6 Å². The zero-order valence-corrected chi connectivity index (χ0v) is 12.2. The van der Waals surface area contributed by atoms with Gasteiger partial charge in [-0.3, -0.25) is 0 Å². The van der Waals surface area contributed by atoms with Gasteiger partial charge in [0.1, 0.15) is 5.75 Å². The minimum Gasteiger partial charge on any atom is -0.494 e.